The number of aromatic nitrogens is 2. The Hall–Kier alpha value is -3.56. The summed E-state index contributed by atoms with van der Waals surface area (Å²) in [4.78, 5) is 11.3. The lowest BCUT2D eigenvalue weighted by Crippen LogP contribution is -2.66. The predicted octanol–water partition coefficient (Wildman–Crippen LogP) is 4.62. The smallest absolute Gasteiger partial charge is 0.225 e. The number of nitrogens with zero attached hydrogens (tertiary/aromatic N) is 3. The first-order valence-electron chi connectivity index (χ1n) is 12.0. The fraction of sp³-hybridized carbons (Fsp3) is 0.379. The van der Waals surface area contributed by atoms with Crippen LogP contribution in [0.3, 0.4) is 0 Å². The average molecular weight is 470 g/mol. The van der Waals surface area contributed by atoms with Crippen LogP contribution in [-0.2, 0) is 16.8 Å². The van der Waals surface area contributed by atoms with Gasteiger partial charge in [0.25, 0.3) is 0 Å². The number of anilines is 1. The van der Waals surface area contributed by atoms with Crippen molar-refractivity contribution in [2.75, 3.05) is 37.8 Å². The largest absolute Gasteiger partial charge is 0.493 e. The van der Waals surface area contributed by atoms with Gasteiger partial charge >= 0.3 is 0 Å². The quantitative estimate of drug-likeness (QED) is 0.337. The van der Waals surface area contributed by atoms with Crippen LogP contribution in [0.15, 0.2) is 60.8 Å². The standard InChI is InChI=1S/C29H31N3O3/c1-4-5-16-34-25-10-6-22(7-11-25)28(2,3)23-8-12-26(13-9-23)35-17-24-14-15-30-27(31-24)32-18-29(19-32)20-33-21-29/h1,6-15H,5,16-21H2,2-3H3. The fourth-order valence-electron chi connectivity index (χ4n) is 4.58. The third-order valence-corrected chi connectivity index (χ3v) is 6.91. The van der Waals surface area contributed by atoms with E-state index in [4.69, 9.17) is 20.6 Å². The molecule has 2 aromatic carbocycles. The van der Waals surface area contributed by atoms with Gasteiger partial charge in [0.15, 0.2) is 0 Å². The van der Waals surface area contributed by atoms with Crippen molar-refractivity contribution in [2.45, 2.75) is 32.3 Å². The Morgan fingerprint density at radius 2 is 1.60 bits per heavy atom. The van der Waals surface area contributed by atoms with Gasteiger partial charge in [-0.2, -0.15) is 0 Å². The van der Waals surface area contributed by atoms with Gasteiger partial charge in [0.05, 0.1) is 30.9 Å². The molecular weight excluding hydrogens is 438 g/mol. The third-order valence-electron chi connectivity index (χ3n) is 6.91. The maximum Gasteiger partial charge on any atom is 0.225 e. The van der Waals surface area contributed by atoms with E-state index in [1.807, 2.05) is 30.3 Å². The van der Waals surface area contributed by atoms with Gasteiger partial charge in [-0.3, -0.25) is 0 Å². The van der Waals surface area contributed by atoms with Crippen LogP contribution < -0.4 is 14.4 Å². The highest BCUT2D eigenvalue weighted by atomic mass is 16.5. The van der Waals surface area contributed by atoms with Crippen LogP contribution in [0.5, 0.6) is 11.5 Å². The number of benzene rings is 2. The van der Waals surface area contributed by atoms with E-state index < -0.39 is 0 Å². The summed E-state index contributed by atoms with van der Waals surface area (Å²) in [6.45, 7) is 9.02. The van der Waals surface area contributed by atoms with Crippen LogP contribution in [0.25, 0.3) is 0 Å². The molecule has 0 saturated carbocycles. The van der Waals surface area contributed by atoms with Crippen LogP contribution >= 0.6 is 0 Å². The van der Waals surface area contributed by atoms with Crippen molar-refractivity contribution in [3.63, 3.8) is 0 Å². The van der Waals surface area contributed by atoms with E-state index >= 15 is 0 Å². The highest BCUT2D eigenvalue weighted by molar-refractivity contribution is 5.42. The molecule has 5 rings (SSSR count). The maximum absolute atomic E-state index is 6.03. The Morgan fingerprint density at radius 1 is 0.971 bits per heavy atom. The molecule has 6 nitrogen and oxygen atoms in total. The Balaban J connectivity index is 1.17. The zero-order chi connectivity index (χ0) is 24.3. The zero-order valence-electron chi connectivity index (χ0n) is 20.4. The summed E-state index contributed by atoms with van der Waals surface area (Å²) in [5.41, 5.74) is 3.47. The Bertz CT molecular complexity index is 1190. The monoisotopic (exact) mass is 469 g/mol. The van der Waals surface area contributed by atoms with Gasteiger partial charge in [0.1, 0.15) is 18.1 Å². The minimum absolute atomic E-state index is 0.155. The molecule has 3 heterocycles. The van der Waals surface area contributed by atoms with Gasteiger partial charge in [-0.15, -0.1) is 12.3 Å². The van der Waals surface area contributed by atoms with Gasteiger partial charge in [-0.25, -0.2) is 9.97 Å². The second kappa shape index (κ2) is 9.59. The minimum atomic E-state index is -0.155. The molecule has 2 aliphatic rings. The van der Waals surface area contributed by atoms with E-state index in [1.54, 1.807) is 6.20 Å². The molecule has 2 fully saturated rings. The molecule has 2 aliphatic heterocycles. The lowest BCUT2D eigenvalue weighted by atomic mass is 9.78. The van der Waals surface area contributed by atoms with Crippen molar-refractivity contribution >= 4 is 5.95 Å². The van der Waals surface area contributed by atoms with Crippen molar-refractivity contribution in [1.29, 1.82) is 0 Å². The summed E-state index contributed by atoms with van der Waals surface area (Å²) in [5, 5.41) is 0. The Morgan fingerprint density at radius 3 is 2.17 bits per heavy atom. The number of hydrogen-bond donors (Lipinski definition) is 0. The normalized spacial score (nSPS) is 16.2. The summed E-state index contributed by atoms with van der Waals surface area (Å²) in [6, 6.07) is 18.4. The highest BCUT2D eigenvalue weighted by Crippen LogP contribution is 2.39. The lowest BCUT2D eigenvalue weighted by molar-refractivity contribution is -0.127. The summed E-state index contributed by atoms with van der Waals surface area (Å²) < 4.78 is 17.1. The summed E-state index contributed by atoms with van der Waals surface area (Å²) in [5.74, 6) is 5.01. The summed E-state index contributed by atoms with van der Waals surface area (Å²) in [7, 11) is 0. The van der Waals surface area contributed by atoms with E-state index in [9.17, 15) is 0 Å². The molecule has 1 spiro atoms. The molecule has 3 aromatic rings. The molecule has 6 heteroatoms. The molecule has 2 saturated heterocycles. The molecule has 35 heavy (non-hydrogen) atoms. The van der Waals surface area contributed by atoms with Crippen LogP contribution in [0.1, 0.15) is 37.1 Å². The van der Waals surface area contributed by atoms with E-state index in [2.05, 4.69) is 58.9 Å². The van der Waals surface area contributed by atoms with E-state index in [1.165, 1.54) is 11.1 Å². The van der Waals surface area contributed by atoms with E-state index in [0.29, 0.717) is 25.0 Å². The molecule has 0 unspecified atom stereocenters. The van der Waals surface area contributed by atoms with Gasteiger partial charge in [-0.05, 0) is 41.5 Å². The molecule has 1 aromatic heterocycles. The minimum Gasteiger partial charge on any atom is -0.493 e. The van der Waals surface area contributed by atoms with Gasteiger partial charge in [0.2, 0.25) is 5.95 Å². The molecule has 180 valence electrons. The number of ether oxygens (including phenoxy) is 3. The molecule has 0 bridgehead atoms. The molecule has 0 atom stereocenters. The Labute approximate surface area is 207 Å². The van der Waals surface area contributed by atoms with Crippen LogP contribution in [-0.4, -0.2) is 42.9 Å². The van der Waals surface area contributed by atoms with Crippen molar-refractivity contribution in [2.24, 2.45) is 5.41 Å². The highest BCUT2D eigenvalue weighted by Gasteiger charge is 2.49. The summed E-state index contributed by atoms with van der Waals surface area (Å²) in [6.07, 6.45) is 7.70. The molecule has 0 amide bonds. The van der Waals surface area contributed by atoms with Crippen LogP contribution in [0.4, 0.5) is 5.95 Å². The third kappa shape index (κ3) is 4.96. The van der Waals surface area contributed by atoms with Crippen molar-refractivity contribution < 1.29 is 14.2 Å². The predicted molar refractivity (Wildman–Crippen MR) is 136 cm³/mol. The molecule has 0 aliphatic carbocycles. The number of hydrogen-bond acceptors (Lipinski definition) is 6. The fourth-order valence-corrected chi connectivity index (χ4v) is 4.58. The first kappa shape index (κ1) is 23.2. The van der Waals surface area contributed by atoms with Crippen molar-refractivity contribution in [3.8, 4) is 23.8 Å². The van der Waals surface area contributed by atoms with Crippen molar-refractivity contribution in [1.82, 2.24) is 9.97 Å². The first-order chi connectivity index (χ1) is 17.0. The van der Waals surface area contributed by atoms with E-state index in [0.717, 1.165) is 49.4 Å². The van der Waals surface area contributed by atoms with Crippen LogP contribution in [0.2, 0.25) is 0 Å². The number of terminal acetylenes is 1. The first-order valence-corrected chi connectivity index (χ1v) is 12.0. The molecule has 0 N–H and O–H groups in total. The topological polar surface area (TPSA) is 56.7 Å². The second-order valence-corrected chi connectivity index (χ2v) is 9.96. The SMILES string of the molecule is C#CCCOc1ccc(C(C)(C)c2ccc(OCc3ccnc(N4CC5(COC5)C4)n3)cc2)cc1. The summed E-state index contributed by atoms with van der Waals surface area (Å²) >= 11 is 0. The van der Waals surface area contributed by atoms with Crippen LogP contribution in [0, 0.1) is 17.8 Å². The molecular formula is C29H31N3O3. The van der Waals surface area contributed by atoms with Gasteiger partial charge in [-0.1, -0.05) is 38.1 Å². The van der Waals surface area contributed by atoms with Crippen molar-refractivity contribution in [3.05, 3.63) is 77.6 Å². The van der Waals surface area contributed by atoms with E-state index in [-0.39, 0.29) is 5.41 Å². The molecule has 0 radical (unpaired) electrons. The zero-order valence-corrected chi connectivity index (χ0v) is 20.4. The second-order valence-electron chi connectivity index (χ2n) is 9.96. The maximum atomic E-state index is 6.03. The van der Waals surface area contributed by atoms with Gasteiger partial charge < -0.3 is 19.1 Å². The Kier molecular flexibility index (Phi) is 6.36. The van der Waals surface area contributed by atoms with Gasteiger partial charge in [0, 0.05) is 31.1 Å². The number of rotatable bonds is 9. The average Bonchev–Trinajstić information content (AvgIpc) is 2.82. The lowest BCUT2D eigenvalue weighted by Gasteiger charge is -2.54.